The average molecular weight is 209 g/mol. The lowest BCUT2D eigenvalue weighted by Crippen LogP contribution is -2.22. The van der Waals surface area contributed by atoms with Crippen LogP contribution in [0, 0.1) is 12.3 Å². The molecule has 2 N–H and O–H groups in total. The molecule has 1 unspecified atom stereocenters. The van der Waals surface area contributed by atoms with Gasteiger partial charge >= 0.3 is 0 Å². The van der Waals surface area contributed by atoms with Crippen LogP contribution in [0.25, 0.3) is 10.8 Å². The van der Waals surface area contributed by atoms with Gasteiger partial charge in [-0.3, -0.25) is 0 Å². The second kappa shape index (κ2) is 4.83. The van der Waals surface area contributed by atoms with E-state index in [0.717, 1.165) is 6.42 Å². The van der Waals surface area contributed by atoms with Gasteiger partial charge in [0.25, 0.3) is 0 Å². The van der Waals surface area contributed by atoms with Gasteiger partial charge in [0.2, 0.25) is 0 Å². The first kappa shape index (κ1) is 10.7. The van der Waals surface area contributed by atoms with Crippen LogP contribution in [0.4, 0.5) is 0 Å². The van der Waals surface area contributed by atoms with Crippen molar-refractivity contribution in [1.82, 2.24) is 0 Å². The average Bonchev–Trinajstić information content (AvgIpc) is 2.30. The van der Waals surface area contributed by atoms with E-state index in [9.17, 15) is 0 Å². The van der Waals surface area contributed by atoms with Crippen LogP contribution in [0.2, 0.25) is 0 Å². The van der Waals surface area contributed by atoms with Gasteiger partial charge in [-0.2, -0.15) is 0 Å². The fourth-order valence-electron chi connectivity index (χ4n) is 1.98. The van der Waals surface area contributed by atoms with E-state index in [1.165, 1.54) is 16.3 Å². The molecule has 0 saturated heterocycles. The lowest BCUT2D eigenvalue weighted by Gasteiger charge is -2.10. The summed E-state index contributed by atoms with van der Waals surface area (Å²) >= 11 is 0. The molecule has 80 valence electrons. The molecule has 2 aromatic rings. The van der Waals surface area contributed by atoms with Gasteiger partial charge in [-0.15, -0.1) is 12.3 Å². The van der Waals surface area contributed by atoms with E-state index in [1.807, 2.05) is 6.07 Å². The Morgan fingerprint density at radius 3 is 2.69 bits per heavy atom. The van der Waals surface area contributed by atoms with Crippen LogP contribution >= 0.6 is 0 Å². The number of hydrogen-bond donors (Lipinski definition) is 1. The third kappa shape index (κ3) is 2.24. The van der Waals surface area contributed by atoms with Gasteiger partial charge in [0, 0.05) is 12.5 Å². The van der Waals surface area contributed by atoms with Crippen LogP contribution in [0.15, 0.2) is 42.5 Å². The SMILES string of the molecule is C#CCC(N)Cc1cccc2ccccc12. The van der Waals surface area contributed by atoms with Crippen molar-refractivity contribution in [3.63, 3.8) is 0 Å². The Labute approximate surface area is 96.3 Å². The summed E-state index contributed by atoms with van der Waals surface area (Å²) in [7, 11) is 0. The third-order valence-electron chi connectivity index (χ3n) is 2.74. The molecule has 0 aromatic heterocycles. The van der Waals surface area contributed by atoms with Gasteiger partial charge in [0.05, 0.1) is 0 Å². The van der Waals surface area contributed by atoms with E-state index < -0.39 is 0 Å². The van der Waals surface area contributed by atoms with Crippen molar-refractivity contribution in [3.8, 4) is 12.3 Å². The minimum Gasteiger partial charge on any atom is -0.327 e. The second-order valence-corrected chi connectivity index (χ2v) is 4.01. The number of nitrogens with two attached hydrogens (primary N) is 1. The summed E-state index contributed by atoms with van der Waals surface area (Å²) in [6.07, 6.45) is 6.73. The van der Waals surface area contributed by atoms with Gasteiger partial charge in [0.15, 0.2) is 0 Å². The minimum atomic E-state index is 0.0517. The van der Waals surface area contributed by atoms with Gasteiger partial charge < -0.3 is 5.73 Å². The number of terminal acetylenes is 1. The summed E-state index contributed by atoms with van der Waals surface area (Å²) < 4.78 is 0. The van der Waals surface area contributed by atoms with Crippen molar-refractivity contribution in [2.45, 2.75) is 18.9 Å². The number of benzene rings is 2. The molecule has 0 heterocycles. The molecule has 16 heavy (non-hydrogen) atoms. The van der Waals surface area contributed by atoms with E-state index in [4.69, 9.17) is 12.2 Å². The fourth-order valence-corrected chi connectivity index (χ4v) is 1.98. The predicted octanol–water partition coefficient (Wildman–Crippen LogP) is 2.73. The number of fused-ring (bicyclic) bond motifs is 1. The van der Waals surface area contributed by atoms with E-state index in [0.29, 0.717) is 6.42 Å². The minimum absolute atomic E-state index is 0.0517. The molecule has 2 rings (SSSR count). The maximum absolute atomic E-state index is 5.96. The van der Waals surface area contributed by atoms with Crippen molar-refractivity contribution in [2.24, 2.45) is 5.73 Å². The molecule has 0 aliphatic rings. The van der Waals surface area contributed by atoms with E-state index >= 15 is 0 Å². The maximum Gasteiger partial charge on any atom is 0.0241 e. The molecule has 0 bridgehead atoms. The first-order valence-corrected chi connectivity index (χ1v) is 5.47. The summed E-state index contributed by atoms with van der Waals surface area (Å²) in [5, 5.41) is 2.53. The van der Waals surface area contributed by atoms with E-state index in [1.54, 1.807) is 0 Å². The quantitative estimate of drug-likeness (QED) is 0.773. The highest BCUT2D eigenvalue weighted by atomic mass is 14.6. The zero-order valence-corrected chi connectivity index (χ0v) is 9.19. The highest BCUT2D eigenvalue weighted by Gasteiger charge is 2.05. The third-order valence-corrected chi connectivity index (χ3v) is 2.74. The zero-order valence-electron chi connectivity index (χ0n) is 9.19. The maximum atomic E-state index is 5.96. The van der Waals surface area contributed by atoms with Gasteiger partial charge in [-0.1, -0.05) is 42.5 Å². The van der Waals surface area contributed by atoms with Gasteiger partial charge in [-0.25, -0.2) is 0 Å². The smallest absolute Gasteiger partial charge is 0.0241 e. The molecule has 0 amide bonds. The normalized spacial score (nSPS) is 12.2. The van der Waals surface area contributed by atoms with Crippen LogP contribution in [0.5, 0.6) is 0 Å². The summed E-state index contributed by atoms with van der Waals surface area (Å²) in [6, 6.07) is 14.7. The molecule has 0 fully saturated rings. The monoisotopic (exact) mass is 209 g/mol. The Morgan fingerprint density at radius 1 is 1.12 bits per heavy atom. The number of hydrogen-bond acceptors (Lipinski definition) is 1. The molecule has 1 atom stereocenters. The molecule has 1 heteroatoms. The Bertz CT molecular complexity index is 517. The van der Waals surface area contributed by atoms with E-state index in [-0.39, 0.29) is 6.04 Å². The van der Waals surface area contributed by atoms with Crippen molar-refractivity contribution in [3.05, 3.63) is 48.0 Å². The Balaban J connectivity index is 2.34. The highest BCUT2D eigenvalue weighted by Crippen LogP contribution is 2.19. The Kier molecular flexibility index (Phi) is 3.24. The summed E-state index contributed by atoms with van der Waals surface area (Å²) in [6.45, 7) is 0. The van der Waals surface area contributed by atoms with Crippen LogP contribution in [0.3, 0.4) is 0 Å². The standard InChI is InChI=1S/C15H15N/c1-2-6-14(16)11-13-9-5-8-12-7-3-4-10-15(12)13/h1,3-5,7-10,14H,6,11,16H2. The topological polar surface area (TPSA) is 26.0 Å². The van der Waals surface area contributed by atoms with E-state index in [2.05, 4.69) is 42.3 Å². The summed E-state index contributed by atoms with van der Waals surface area (Å²) in [4.78, 5) is 0. The molecular formula is C15H15N. The largest absolute Gasteiger partial charge is 0.327 e. The predicted molar refractivity (Wildman–Crippen MR) is 69.1 cm³/mol. The van der Waals surface area contributed by atoms with Crippen molar-refractivity contribution in [1.29, 1.82) is 0 Å². The van der Waals surface area contributed by atoms with Crippen LogP contribution in [-0.4, -0.2) is 6.04 Å². The molecule has 2 aromatic carbocycles. The Hall–Kier alpha value is -1.78. The highest BCUT2D eigenvalue weighted by molar-refractivity contribution is 5.85. The number of rotatable bonds is 3. The molecule has 0 aliphatic heterocycles. The second-order valence-electron chi connectivity index (χ2n) is 4.01. The molecule has 0 aliphatic carbocycles. The van der Waals surface area contributed by atoms with Crippen LogP contribution in [0.1, 0.15) is 12.0 Å². The van der Waals surface area contributed by atoms with Crippen LogP contribution < -0.4 is 5.73 Å². The van der Waals surface area contributed by atoms with Gasteiger partial charge in [0.1, 0.15) is 0 Å². The molecule has 0 radical (unpaired) electrons. The van der Waals surface area contributed by atoms with Gasteiger partial charge in [-0.05, 0) is 22.8 Å². The molecule has 1 nitrogen and oxygen atoms in total. The van der Waals surface area contributed by atoms with Crippen molar-refractivity contribution in [2.75, 3.05) is 0 Å². The lowest BCUT2D eigenvalue weighted by molar-refractivity contribution is 0.692. The molecule has 0 saturated carbocycles. The first-order chi connectivity index (χ1) is 7.81. The summed E-state index contributed by atoms with van der Waals surface area (Å²) in [5.74, 6) is 2.61. The zero-order chi connectivity index (χ0) is 11.4. The molecule has 0 spiro atoms. The van der Waals surface area contributed by atoms with Crippen molar-refractivity contribution < 1.29 is 0 Å². The first-order valence-electron chi connectivity index (χ1n) is 5.47. The van der Waals surface area contributed by atoms with Crippen molar-refractivity contribution >= 4 is 10.8 Å². The fraction of sp³-hybridized carbons (Fsp3) is 0.200. The summed E-state index contributed by atoms with van der Waals surface area (Å²) in [5.41, 5.74) is 7.24. The molecular weight excluding hydrogens is 194 g/mol. The Morgan fingerprint density at radius 2 is 1.88 bits per heavy atom. The van der Waals surface area contributed by atoms with Crippen LogP contribution in [-0.2, 0) is 6.42 Å². The lowest BCUT2D eigenvalue weighted by atomic mass is 9.98.